The Morgan fingerprint density at radius 3 is 2.64 bits per heavy atom. The van der Waals surface area contributed by atoms with Crippen LogP contribution in [0.25, 0.3) is 5.57 Å². The molecule has 2 heterocycles. The predicted octanol–water partition coefficient (Wildman–Crippen LogP) is 4.67. The molecule has 168 valence electrons. The molecule has 0 spiro atoms. The first-order valence-corrected chi connectivity index (χ1v) is 10.9. The van der Waals surface area contributed by atoms with E-state index in [9.17, 15) is 9.90 Å². The van der Waals surface area contributed by atoms with Gasteiger partial charge in [-0.2, -0.15) is 0 Å². The van der Waals surface area contributed by atoms with Crippen LogP contribution in [0.3, 0.4) is 0 Å². The van der Waals surface area contributed by atoms with Crippen molar-refractivity contribution in [3.05, 3.63) is 82.6 Å². The van der Waals surface area contributed by atoms with E-state index in [0.717, 1.165) is 35.5 Å². The largest absolute Gasteiger partial charge is 0.497 e. The number of carbonyl (C=O) groups is 1. The molecule has 0 saturated heterocycles. The smallest absolute Gasteiger partial charge is 0.333 e. The van der Waals surface area contributed by atoms with E-state index in [-0.39, 0.29) is 12.4 Å². The molecule has 0 unspecified atom stereocenters. The van der Waals surface area contributed by atoms with Crippen LogP contribution in [0.1, 0.15) is 41.6 Å². The molecular formula is C26H24N2O5. The minimum atomic E-state index is -0.982. The topological polar surface area (TPSA) is 89.9 Å². The van der Waals surface area contributed by atoms with Gasteiger partial charge in [0.2, 0.25) is 6.79 Å². The lowest BCUT2D eigenvalue weighted by atomic mass is 9.88. The second kappa shape index (κ2) is 8.50. The molecule has 1 aliphatic heterocycles. The number of ether oxygens (including phenoxy) is 3. The number of carboxylic acid groups (broad SMARTS) is 1. The van der Waals surface area contributed by atoms with Crippen molar-refractivity contribution in [1.29, 1.82) is 0 Å². The van der Waals surface area contributed by atoms with Gasteiger partial charge in [0.15, 0.2) is 11.5 Å². The Balaban J connectivity index is 1.71. The van der Waals surface area contributed by atoms with Crippen molar-refractivity contribution in [1.82, 2.24) is 4.98 Å². The number of pyridine rings is 1. The minimum Gasteiger partial charge on any atom is -0.497 e. The third-order valence-electron chi connectivity index (χ3n) is 5.93. The molecule has 0 amide bonds. The van der Waals surface area contributed by atoms with E-state index in [2.05, 4.69) is 12.2 Å². The van der Waals surface area contributed by atoms with E-state index in [1.54, 1.807) is 7.11 Å². The minimum absolute atomic E-state index is 0.160. The second-order valence-electron chi connectivity index (χ2n) is 7.93. The number of anilines is 1. The molecule has 7 nitrogen and oxygen atoms in total. The number of nitrogens with one attached hydrogen (secondary N) is 1. The average molecular weight is 444 g/mol. The van der Waals surface area contributed by atoms with Crippen molar-refractivity contribution in [2.24, 2.45) is 0 Å². The van der Waals surface area contributed by atoms with E-state index >= 15 is 0 Å². The first-order valence-electron chi connectivity index (χ1n) is 10.9. The number of aliphatic carboxylic acids is 1. The van der Waals surface area contributed by atoms with Gasteiger partial charge in [-0.15, -0.1) is 0 Å². The number of carboxylic acids is 1. The molecule has 1 atom stereocenters. The van der Waals surface area contributed by atoms with Gasteiger partial charge in [0.1, 0.15) is 11.6 Å². The number of nitrogens with zero attached hydrogens (tertiary/aromatic N) is 1. The molecule has 0 fully saturated rings. The van der Waals surface area contributed by atoms with Crippen LogP contribution in [0.15, 0.2) is 60.2 Å². The predicted molar refractivity (Wildman–Crippen MR) is 124 cm³/mol. The zero-order valence-electron chi connectivity index (χ0n) is 18.4. The van der Waals surface area contributed by atoms with E-state index in [1.165, 1.54) is 0 Å². The Morgan fingerprint density at radius 2 is 1.91 bits per heavy atom. The molecule has 0 bridgehead atoms. The van der Waals surface area contributed by atoms with Gasteiger partial charge in [0, 0.05) is 18.0 Å². The SMILES string of the molecule is CCCNc1ccc2c(n1)C(c1ccc(OC)cc1)=C(C(=O)O)[C@H]2c1ccc2c(c1)OCO2. The number of benzene rings is 2. The maximum absolute atomic E-state index is 12.7. The van der Waals surface area contributed by atoms with Crippen molar-refractivity contribution < 1.29 is 24.1 Å². The summed E-state index contributed by atoms with van der Waals surface area (Å²) in [6.45, 7) is 3.03. The quantitative estimate of drug-likeness (QED) is 0.547. The lowest BCUT2D eigenvalue weighted by Crippen LogP contribution is -2.10. The Bertz CT molecular complexity index is 1250. The summed E-state index contributed by atoms with van der Waals surface area (Å²) in [7, 11) is 1.60. The Morgan fingerprint density at radius 1 is 1.12 bits per heavy atom. The average Bonchev–Trinajstić information content (AvgIpc) is 3.44. The first-order chi connectivity index (χ1) is 16.1. The van der Waals surface area contributed by atoms with E-state index < -0.39 is 11.9 Å². The van der Waals surface area contributed by atoms with Gasteiger partial charge >= 0.3 is 5.97 Å². The van der Waals surface area contributed by atoms with Crippen LogP contribution in [0.5, 0.6) is 17.2 Å². The van der Waals surface area contributed by atoms with Crippen LogP contribution in [0, 0.1) is 0 Å². The van der Waals surface area contributed by atoms with Gasteiger partial charge in [-0.1, -0.05) is 31.2 Å². The summed E-state index contributed by atoms with van der Waals surface area (Å²) in [6.07, 6.45) is 0.958. The molecule has 5 rings (SSSR count). The Labute approximate surface area is 191 Å². The number of hydrogen-bond acceptors (Lipinski definition) is 6. The van der Waals surface area contributed by atoms with Crippen LogP contribution in [-0.2, 0) is 4.79 Å². The van der Waals surface area contributed by atoms with Gasteiger partial charge < -0.3 is 24.6 Å². The fourth-order valence-electron chi connectivity index (χ4n) is 4.40. The summed E-state index contributed by atoms with van der Waals surface area (Å²) in [5.41, 5.74) is 4.01. The fourth-order valence-corrected chi connectivity index (χ4v) is 4.40. The monoisotopic (exact) mass is 444 g/mol. The molecular weight excluding hydrogens is 420 g/mol. The molecule has 33 heavy (non-hydrogen) atoms. The molecule has 3 aromatic rings. The molecule has 2 aliphatic rings. The molecule has 2 aromatic carbocycles. The highest BCUT2D eigenvalue weighted by atomic mass is 16.7. The second-order valence-corrected chi connectivity index (χ2v) is 7.93. The summed E-state index contributed by atoms with van der Waals surface area (Å²) in [4.78, 5) is 17.5. The summed E-state index contributed by atoms with van der Waals surface area (Å²) in [5, 5.41) is 13.7. The molecule has 7 heteroatoms. The van der Waals surface area contributed by atoms with Crippen molar-refractivity contribution >= 4 is 17.4 Å². The van der Waals surface area contributed by atoms with Crippen molar-refractivity contribution in [2.75, 3.05) is 25.8 Å². The van der Waals surface area contributed by atoms with Crippen molar-refractivity contribution in [3.63, 3.8) is 0 Å². The summed E-state index contributed by atoms with van der Waals surface area (Å²) >= 11 is 0. The van der Waals surface area contributed by atoms with E-state index in [1.807, 2.05) is 54.6 Å². The Kier molecular flexibility index (Phi) is 5.38. The van der Waals surface area contributed by atoms with E-state index in [0.29, 0.717) is 28.5 Å². The standard InChI is InChI=1S/C26H24N2O5/c1-3-12-27-21-11-9-18-22(16-6-10-19-20(13-16)33-14-32-19)24(26(29)30)23(25(18)28-21)15-4-7-17(31-2)8-5-15/h4-11,13,22H,3,12,14H2,1-2H3,(H,27,28)(H,29,30)/t22-/m0/s1. The highest BCUT2D eigenvalue weighted by Gasteiger charge is 2.39. The van der Waals surface area contributed by atoms with Crippen molar-refractivity contribution in [2.45, 2.75) is 19.3 Å². The molecule has 0 saturated carbocycles. The van der Waals surface area contributed by atoms with Crippen molar-refractivity contribution in [3.8, 4) is 17.2 Å². The zero-order chi connectivity index (χ0) is 22.9. The van der Waals surface area contributed by atoms with Crippen LogP contribution >= 0.6 is 0 Å². The number of fused-ring (bicyclic) bond motifs is 2. The maximum Gasteiger partial charge on any atom is 0.333 e. The van der Waals surface area contributed by atoms with Crippen LogP contribution in [0.2, 0.25) is 0 Å². The highest BCUT2D eigenvalue weighted by molar-refractivity contribution is 6.06. The third-order valence-corrected chi connectivity index (χ3v) is 5.93. The number of rotatable bonds is 7. The summed E-state index contributed by atoms with van der Waals surface area (Å²) < 4.78 is 16.3. The van der Waals surface area contributed by atoms with E-state index in [4.69, 9.17) is 19.2 Å². The van der Waals surface area contributed by atoms with Crippen LogP contribution < -0.4 is 19.5 Å². The molecule has 2 N–H and O–H groups in total. The summed E-state index contributed by atoms with van der Waals surface area (Å²) in [6, 6.07) is 16.9. The maximum atomic E-state index is 12.7. The Hall–Kier alpha value is -4.00. The van der Waals surface area contributed by atoms with Gasteiger partial charge in [0.25, 0.3) is 0 Å². The molecule has 0 radical (unpaired) electrons. The van der Waals surface area contributed by atoms with Gasteiger partial charge in [-0.25, -0.2) is 9.78 Å². The van der Waals surface area contributed by atoms with Gasteiger partial charge in [-0.3, -0.25) is 0 Å². The first kappa shape index (κ1) is 20.9. The fraction of sp³-hybridized carbons (Fsp3) is 0.231. The number of hydrogen-bond donors (Lipinski definition) is 2. The normalized spacial score (nSPS) is 16.0. The number of aromatic nitrogens is 1. The molecule has 1 aromatic heterocycles. The highest BCUT2D eigenvalue weighted by Crippen LogP contribution is 2.49. The lowest BCUT2D eigenvalue weighted by Gasteiger charge is -2.16. The number of methoxy groups -OCH3 is 1. The third kappa shape index (κ3) is 3.65. The van der Waals surface area contributed by atoms with Gasteiger partial charge in [-0.05, 0) is 53.4 Å². The lowest BCUT2D eigenvalue weighted by molar-refractivity contribution is -0.132. The summed E-state index contributed by atoms with van der Waals surface area (Å²) in [5.74, 6) is 1.23. The van der Waals surface area contributed by atoms with Crippen LogP contribution in [-0.4, -0.2) is 36.5 Å². The van der Waals surface area contributed by atoms with Crippen LogP contribution in [0.4, 0.5) is 5.82 Å². The van der Waals surface area contributed by atoms with Gasteiger partial charge in [0.05, 0.1) is 18.4 Å². The zero-order valence-corrected chi connectivity index (χ0v) is 18.4. The molecule has 1 aliphatic carbocycles.